The molecule has 1 heterocycles. The van der Waals surface area contributed by atoms with Crippen LogP contribution in [0.2, 0.25) is 0 Å². The number of esters is 1. The van der Waals surface area contributed by atoms with Crippen LogP contribution in [0.4, 0.5) is 4.79 Å². The quantitative estimate of drug-likeness (QED) is 0.0405. The van der Waals surface area contributed by atoms with Gasteiger partial charge in [0.2, 0.25) is 0 Å². The summed E-state index contributed by atoms with van der Waals surface area (Å²) in [5, 5.41) is 22.4. The Bertz CT molecular complexity index is 1860. The molecule has 0 saturated heterocycles. The molecular formula is C35H34BrIN4O7. The second-order valence-electron chi connectivity index (χ2n) is 10.7. The van der Waals surface area contributed by atoms with Crippen LogP contribution in [0.25, 0.3) is 10.8 Å². The second-order valence-corrected chi connectivity index (χ2v) is 12.7. The van der Waals surface area contributed by atoms with Crippen LogP contribution in [0.5, 0.6) is 17.2 Å². The molecule has 250 valence electrons. The molecule has 11 nitrogen and oxygen atoms in total. The Balaban J connectivity index is 1.18. The average Bonchev–Trinajstić information content (AvgIpc) is 3.06. The van der Waals surface area contributed by atoms with Crippen LogP contribution < -0.4 is 30.3 Å². The molecule has 48 heavy (non-hydrogen) atoms. The van der Waals surface area contributed by atoms with Gasteiger partial charge in [0.25, 0.3) is 0 Å². The molecule has 1 aliphatic heterocycles. The number of halogens is 2. The van der Waals surface area contributed by atoms with E-state index < -0.39 is 24.3 Å². The third kappa shape index (κ3) is 8.57. The van der Waals surface area contributed by atoms with E-state index in [1.165, 1.54) is 17.9 Å². The topological polar surface area (TPSA) is 140 Å². The Kier molecular flexibility index (Phi) is 11.8. The van der Waals surface area contributed by atoms with Crippen LogP contribution in [0.1, 0.15) is 36.6 Å². The molecule has 0 unspecified atom stereocenters. The minimum atomic E-state index is -1.14. The maximum atomic E-state index is 12.5. The summed E-state index contributed by atoms with van der Waals surface area (Å²) in [7, 11) is 1.28. The Labute approximate surface area is 299 Å². The fourth-order valence-electron chi connectivity index (χ4n) is 5.10. The molecule has 0 aromatic heterocycles. The lowest BCUT2D eigenvalue weighted by Gasteiger charge is -2.28. The maximum absolute atomic E-state index is 12.5. The molecule has 0 aliphatic carbocycles. The van der Waals surface area contributed by atoms with Crippen molar-refractivity contribution in [3.63, 3.8) is 0 Å². The van der Waals surface area contributed by atoms with Crippen LogP contribution in [0, 0.1) is 3.57 Å². The molecule has 0 bridgehead atoms. The summed E-state index contributed by atoms with van der Waals surface area (Å²) in [6, 6.07) is 22.1. The van der Waals surface area contributed by atoms with Crippen LogP contribution in [-0.4, -0.2) is 49.9 Å². The number of rotatable bonds is 13. The van der Waals surface area contributed by atoms with Crippen LogP contribution >= 0.6 is 38.5 Å². The summed E-state index contributed by atoms with van der Waals surface area (Å²) in [6.45, 7) is 4.07. The summed E-state index contributed by atoms with van der Waals surface area (Å²) in [5.41, 5.74) is 5.79. The molecule has 2 amide bonds. The zero-order valence-electron chi connectivity index (χ0n) is 26.4. The Morgan fingerprint density at radius 2 is 1.85 bits per heavy atom. The van der Waals surface area contributed by atoms with Gasteiger partial charge in [-0.1, -0.05) is 42.5 Å². The highest BCUT2D eigenvalue weighted by molar-refractivity contribution is 14.1. The van der Waals surface area contributed by atoms with Gasteiger partial charge in [-0.25, -0.2) is 9.59 Å². The number of benzene rings is 4. The highest BCUT2D eigenvalue weighted by Gasteiger charge is 2.32. The Morgan fingerprint density at radius 3 is 2.60 bits per heavy atom. The molecule has 5 rings (SSSR count). The van der Waals surface area contributed by atoms with Crippen LogP contribution in [-0.2, 0) is 16.1 Å². The molecule has 4 aromatic carbocycles. The van der Waals surface area contributed by atoms with Gasteiger partial charge in [0.05, 0.1) is 39.6 Å². The van der Waals surface area contributed by atoms with E-state index in [1.54, 1.807) is 31.3 Å². The summed E-state index contributed by atoms with van der Waals surface area (Å²) in [6.07, 6.45) is 0.452. The Morgan fingerprint density at radius 1 is 1.06 bits per heavy atom. The number of aliphatic hydroxyl groups excluding tert-OH is 1. The van der Waals surface area contributed by atoms with Crippen molar-refractivity contribution in [1.29, 1.82) is 0 Å². The molecule has 1 aliphatic rings. The van der Waals surface area contributed by atoms with Gasteiger partial charge in [-0.2, -0.15) is 5.10 Å². The lowest BCUT2D eigenvalue weighted by atomic mass is 9.95. The fraction of sp³-hybridized carbons (Fsp3) is 0.229. The predicted molar refractivity (Wildman–Crippen MR) is 194 cm³/mol. The van der Waals surface area contributed by atoms with Gasteiger partial charge >= 0.3 is 12.0 Å². The van der Waals surface area contributed by atoms with Crippen molar-refractivity contribution in [2.24, 2.45) is 5.10 Å². The second kappa shape index (κ2) is 16.2. The summed E-state index contributed by atoms with van der Waals surface area (Å²) in [4.78, 5) is 24.7. The normalized spacial score (nSPS) is 15.1. The lowest BCUT2D eigenvalue weighted by Crippen LogP contribution is -2.45. The molecule has 0 spiro atoms. The number of aliphatic hydroxyl groups is 1. The van der Waals surface area contributed by atoms with E-state index in [0.717, 1.165) is 24.9 Å². The van der Waals surface area contributed by atoms with Crippen molar-refractivity contribution in [2.45, 2.75) is 32.7 Å². The first-order chi connectivity index (χ1) is 23.2. The van der Waals surface area contributed by atoms with Crippen molar-refractivity contribution < 1.29 is 33.6 Å². The Hall–Kier alpha value is -4.34. The number of fused-ring (bicyclic) bond motifs is 1. The predicted octanol–water partition coefficient (Wildman–Crippen LogP) is 6.31. The number of nitrogens with zero attached hydrogens (tertiary/aromatic N) is 1. The summed E-state index contributed by atoms with van der Waals surface area (Å²) in [5.74, 6) is 0.904. The van der Waals surface area contributed by atoms with Gasteiger partial charge in [0.15, 0.2) is 17.7 Å². The molecule has 0 saturated carbocycles. The van der Waals surface area contributed by atoms with E-state index in [1.807, 2.05) is 31.2 Å². The van der Waals surface area contributed by atoms with Gasteiger partial charge in [0.1, 0.15) is 19.0 Å². The molecule has 2 atom stereocenters. The average molecular weight is 829 g/mol. The molecule has 0 radical (unpaired) electrons. The molecule has 13 heteroatoms. The number of carbonyl (C=O) groups excluding carboxylic acids is 2. The monoisotopic (exact) mass is 828 g/mol. The van der Waals surface area contributed by atoms with Crippen molar-refractivity contribution in [3.05, 3.63) is 109 Å². The molecule has 0 fully saturated rings. The van der Waals surface area contributed by atoms with E-state index in [2.05, 4.69) is 90.0 Å². The standard InChI is InChI=1S/C35H34BrIN4O7/c1-4-46-29-16-25(32-31(34(43)45-3)20(2)39-35(44)40-32)11-12-28(29)47-19-30(42)41-38-17-22-14-26(36)33(27(37)15-22)48-18-21-9-10-23-7-5-6-8-24(23)13-21/h5-17,30,32,41-42H,4,18-19H2,1-3H3,(H2,39,40,44)/b38-17-/t30-,32+/m1/s1. The van der Waals surface area contributed by atoms with Crippen molar-refractivity contribution in [3.8, 4) is 17.2 Å². The first-order valence-corrected chi connectivity index (χ1v) is 16.9. The number of allylic oxidation sites excluding steroid dienone is 1. The molecular weight excluding hydrogens is 795 g/mol. The van der Waals surface area contributed by atoms with E-state index in [9.17, 15) is 14.7 Å². The zero-order valence-corrected chi connectivity index (χ0v) is 30.1. The maximum Gasteiger partial charge on any atom is 0.337 e. The third-order valence-electron chi connectivity index (χ3n) is 7.33. The fourth-order valence-corrected chi connectivity index (χ4v) is 6.86. The van der Waals surface area contributed by atoms with Crippen molar-refractivity contribution in [1.82, 2.24) is 16.1 Å². The minimum absolute atomic E-state index is 0.143. The van der Waals surface area contributed by atoms with Crippen LogP contribution in [0.3, 0.4) is 0 Å². The molecule has 4 aromatic rings. The third-order valence-corrected chi connectivity index (χ3v) is 8.72. The van der Waals surface area contributed by atoms with Crippen molar-refractivity contribution in [2.75, 3.05) is 20.3 Å². The number of hydrazone groups is 1. The smallest absolute Gasteiger partial charge is 0.337 e. The number of urea groups is 1. The van der Waals surface area contributed by atoms with Gasteiger partial charge in [-0.05, 0) is 110 Å². The van der Waals surface area contributed by atoms with Gasteiger partial charge < -0.3 is 34.7 Å². The number of methoxy groups -OCH3 is 1. The minimum Gasteiger partial charge on any atom is -0.490 e. The number of amides is 2. The van der Waals surface area contributed by atoms with E-state index >= 15 is 0 Å². The van der Waals surface area contributed by atoms with Gasteiger partial charge in [0, 0.05) is 5.70 Å². The molecule has 4 N–H and O–H groups in total. The van der Waals surface area contributed by atoms with E-state index in [-0.39, 0.29) is 12.2 Å². The van der Waals surface area contributed by atoms with Crippen molar-refractivity contribution >= 4 is 67.5 Å². The summed E-state index contributed by atoms with van der Waals surface area (Å²) < 4.78 is 24.4. The SMILES string of the molecule is CCOc1cc([C@@H]2NC(=O)NC(C)=C2C(=O)OC)ccc1OC[C@@H](O)N/N=C\c1cc(Br)c(OCc2ccc3ccccc3c2)c(I)c1. The largest absolute Gasteiger partial charge is 0.490 e. The lowest BCUT2D eigenvalue weighted by molar-refractivity contribution is -0.136. The number of ether oxygens (including phenoxy) is 4. The number of nitrogens with one attached hydrogen (secondary N) is 3. The summed E-state index contributed by atoms with van der Waals surface area (Å²) >= 11 is 5.83. The van der Waals surface area contributed by atoms with E-state index in [0.29, 0.717) is 36.0 Å². The van der Waals surface area contributed by atoms with Crippen LogP contribution in [0.15, 0.2) is 93.6 Å². The first-order valence-electron chi connectivity index (χ1n) is 15.0. The van der Waals surface area contributed by atoms with Gasteiger partial charge in [-0.3, -0.25) is 5.43 Å². The first kappa shape index (κ1) is 35.0. The van der Waals surface area contributed by atoms with E-state index in [4.69, 9.17) is 18.9 Å². The number of hydrogen-bond donors (Lipinski definition) is 4. The highest BCUT2D eigenvalue weighted by atomic mass is 127. The number of carbonyl (C=O) groups is 2. The number of hydrogen-bond acceptors (Lipinski definition) is 9. The zero-order chi connectivity index (χ0) is 34.2. The van der Waals surface area contributed by atoms with Gasteiger partial charge in [-0.15, -0.1) is 0 Å². The highest BCUT2D eigenvalue weighted by Crippen LogP contribution is 2.35.